The number of amides is 4. The van der Waals surface area contributed by atoms with Gasteiger partial charge < -0.3 is 19.3 Å². The SMILES string of the molecule is COc1ccc(OC)c(C=Cc2ccc(N3C(=O)C4CC=C5C(CC6C(=O)N(c7cc(-c8sc9ccc(Cl)cc9c8C)nn7C)C(=O)C6(C)C5c5cccc(OC)c5O)C4C3=O)cc2)c1. The number of rotatable bonds is 9. The second-order valence-corrected chi connectivity index (χ2v) is 18.8. The second-order valence-electron chi connectivity index (χ2n) is 17.3. The van der Waals surface area contributed by atoms with Gasteiger partial charge in [-0.25, -0.2) is 4.90 Å². The Morgan fingerprint density at radius 2 is 1.62 bits per heavy atom. The van der Waals surface area contributed by atoms with Crippen molar-refractivity contribution in [3.63, 3.8) is 0 Å². The molecule has 4 amide bonds. The van der Waals surface area contributed by atoms with E-state index in [0.29, 0.717) is 39.3 Å². The fourth-order valence-electron chi connectivity index (χ4n) is 10.9. The molecule has 2 aromatic heterocycles. The Hall–Kier alpha value is -6.70. The summed E-state index contributed by atoms with van der Waals surface area (Å²) in [5.41, 5.74) is 3.45. The van der Waals surface area contributed by atoms with Gasteiger partial charge in [0.1, 0.15) is 23.0 Å². The number of benzene rings is 4. The first-order valence-corrected chi connectivity index (χ1v) is 22.5. The van der Waals surface area contributed by atoms with Crippen LogP contribution < -0.4 is 24.0 Å². The van der Waals surface area contributed by atoms with Crippen LogP contribution in [0.25, 0.3) is 32.8 Å². The lowest BCUT2D eigenvalue weighted by atomic mass is 9.51. The molecule has 3 fully saturated rings. The van der Waals surface area contributed by atoms with E-state index in [1.165, 1.54) is 16.9 Å². The quantitative estimate of drug-likeness (QED) is 0.0853. The van der Waals surface area contributed by atoms with Crippen LogP contribution in [-0.4, -0.2) is 59.8 Å². The number of imide groups is 2. The molecule has 4 heterocycles. The molecule has 6 unspecified atom stereocenters. The Morgan fingerprint density at radius 1 is 0.846 bits per heavy atom. The van der Waals surface area contributed by atoms with Gasteiger partial charge in [0.2, 0.25) is 23.6 Å². The summed E-state index contributed by atoms with van der Waals surface area (Å²) in [4.78, 5) is 63.0. The number of hydrogen-bond acceptors (Lipinski definition) is 10. The zero-order valence-corrected chi connectivity index (χ0v) is 38.1. The van der Waals surface area contributed by atoms with E-state index in [9.17, 15) is 14.7 Å². The zero-order chi connectivity index (χ0) is 45.6. The van der Waals surface area contributed by atoms with Gasteiger partial charge in [0, 0.05) is 39.9 Å². The summed E-state index contributed by atoms with van der Waals surface area (Å²) in [5, 5.41) is 18.2. The Labute approximate surface area is 384 Å². The van der Waals surface area contributed by atoms with Gasteiger partial charge in [0.25, 0.3) is 0 Å². The van der Waals surface area contributed by atoms with Crippen LogP contribution in [0.4, 0.5) is 11.5 Å². The number of aryl methyl sites for hydroxylation is 2. The molecule has 4 aliphatic rings. The van der Waals surface area contributed by atoms with E-state index >= 15 is 9.59 Å². The molecule has 10 rings (SSSR count). The molecule has 0 bridgehead atoms. The molecule has 6 atom stereocenters. The normalized spacial score (nSPS) is 23.9. The number of nitrogens with zero attached hydrogens (tertiary/aromatic N) is 4. The second kappa shape index (κ2) is 15.8. The molecule has 0 radical (unpaired) electrons. The summed E-state index contributed by atoms with van der Waals surface area (Å²) in [6.07, 6.45) is 6.18. The average Bonchev–Trinajstić information content (AvgIpc) is 3.98. The molecule has 2 saturated heterocycles. The van der Waals surface area contributed by atoms with Crippen LogP contribution in [0.3, 0.4) is 0 Å². The van der Waals surface area contributed by atoms with E-state index in [4.69, 9.17) is 30.9 Å². The highest BCUT2D eigenvalue weighted by molar-refractivity contribution is 7.22. The fourth-order valence-corrected chi connectivity index (χ4v) is 12.2. The van der Waals surface area contributed by atoms with Crippen molar-refractivity contribution in [2.24, 2.45) is 36.1 Å². The molecular formula is C51H45ClN4O8S. The third-order valence-corrected chi connectivity index (χ3v) is 15.6. The molecule has 65 heavy (non-hydrogen) atoms. The Bertz CT molecular complexity index is 3060. The first-order chi connectivity index (χ1) is 31.3. The number of thiophene rings is 1. The van der Waals surface area contributed by atoms with Crippen LogP contribution in [0, 0.1) is 36.0 Å². The number of carbonyl (C=O) groups excluding carboxylic acids is 4. The Balaban J connectivity index is 1.01. The molecule has 0 spiro atoms. The van der Waals surface area contributed by atoms with Gasteiger partial charge >= 0.3 is 0 Å². The van der Waals surface area contributed by atoms with Gasteiger partial charge in [-0.2, -0.15) is 5.10 Å². The number of fused-ring (bicyclic) bond motifs is 5. The summed E-state index contributed by atoms with van der Waals surface area (Å²) in [6, 6.07) is 25.3. The van der Waals surface area contributed by atoms with Gasteiger partial charge in [0.15, 0.2) is 11.5 Å². The largest absolute Gasteiger partial charge is 0.504 e. The van der Waals surface area contributed by atoms with Crippen molar-refractivity contribution in [1.29, 1.82) is 0 Å². The number of anilines is 2. The van der Waals surface area contributed by atoms with Crippen molar-refractivity contribution < 1.29 is 38.5 Å². The predicted molar refractivity (Wildman–Crippen MR) is 250 cm³/mol. The molecule has 6 aromatic rings. The maximum atomic E-state index is 15.3. The number of para-hydroxylation sites is 1. The zero-order valence-electron chi connectivity index (χ0n) is 36.5. The minimum atomic E-state index is -1.39. The van der Waals surface area contributed by atoms with Crippen molar-refractivity contribution >= 4 is 80.3 Å². The van der Waals surface area contributed by atoms with Crippen LogP contribution in [0.1, 0.15) is 47.9 Å². The lowest BCUT2D eigenvalue weighted by Gasteiger charge is -2.49. The smallest absolute Gasteiger partial charge is 0.242 e. The maximum absolute atomic E-state index is 15.3. The molecule has 12 nitrogen and oxygen atoms in total. The first-order valence-electron chi connectivity index (χ1n) is 21.3. The summed E-state index contributed by atoms with van der Waals surface area (Å²) in [5.74, 6) is -3.62. The Morgan fingerprint density at radius 3 is 2.35 bits per heavy atom. The van der Waals surface area contributed by atoms with Gasteiger partial charge in [-0.1, -0.05) is 59.7 Å². The van der Waals surface area contributed by atoms with Crippen molar-refractivity contribution in [2.75, 3.05) is 31.1 Å². The third kappa shape index (κ3) is 6.41. The van der Waals surface area contributed by atoms with Crippen LogP contribution in [0.15, 0.2) is 96.6 Å². The number of allylic oxidation sites excluding steroid dienone is 2. The van der Waals surface area contributed by atoms with E-state index in [2.05, 4.69) is 0 Å². The number of phenols is 1. The molecule has 1 saturated carbocycles. The van der Waals surface area contributed by atoms with Gasteiger partial charge in [-0.15, -0.1) is 11.3 Å². The monoisotopic (exact) mass is 908 g/mol. The minimum absolute atomic E-state index is 0.150. The highest BCUT2D eigenvalue weighted by Crippen LogP contribution is 2.65. The summed E-state index contributed by atoms with van der Waals surface area (Å²) in [7, 11) is 6.37. The van der Waals surface area contributed by atoms with Gasteiger partial charge in [-0.05, 0) is 104 Å². The fraction of sp³-hybridized carbons (Fsp3) is 0.275. The predicted octanol–water partition coefficient (Wildman–Crippen LogP) is 9.60. The first kappa shape index (κ1) is 42.3. The van der Waals surface area contributed by atoms with Crippen molar-refractivity contribution in [3.8, 4) is 33.6 Å². The molecule has 14 heteroatoms. The van der Waals surface area contributed by atoms with E-state index < -0.39 is 46.8 Å². The summed E-state index contributed by atoms with van der Waals surface area (Å²) < 4.78 is 19.0. The van der Waals surface area contributed by atoms with E-state index in [0.717, 1.165) is 37.2 Å². The minimum Gasteiger partial charge on any atom is -0.504 e. The number of ether oxygens (including phenoxy) is 3. The van der Waals surface area contributed by atoms with E-state index in [1.54, 1.807) is 80.6 Å². The number of aromatic hydroxyl groups is 1. The molecule has 1 N–H and O–H groups in total. The van der Waals surface area contributed by atoms with Crippen LogP contribution in [-0.2, 0) is 26.2 Å². The highest BCUT2D eigenvalue weighted by atomic mass is 35.5. The number of phenolic OH excluding ortho intramolecular Hbond substituents is 1. The van der Waals surface area contributed by atoms with E-state index in [1.807, 2.05) is 73.7 Å². The number of methoxy groups -OCH3 is 3. The number of halogens is 1. The molecule has 2 aliphatic heterocycles. The van der Waals surface area contributed by atoms with Crippen LogP contribution >= 0.6 is 22.9 Å². The Kier molecular flexibility index (Phi) is 10.3. The number of carbonyl (C=O) groups is 4. The topological polar surface area (TPSA) is 140 Å². The number of hydrogen-bond donors (Lipinski definition) is 1. The van der Waals surface area contributed by atoms with Crippen molar-refractivity contribution in [2.45, 2.75) is 32.6 Å². The average molecular weight is 909 g/mol. The molecule has 2 aliphatic carbocycles. The standard InChI is InChI=1S/C51H45ClN4O8S/c1-26-35-23-29(52)14-21-41(35)65-46(26)38-25-42(54(3)53-38)56-48(59)37-24-36-32(44(51(37,2)50(56)61)34-8-7-9-40(64-6)45(34)57)18-19-33-43(36)49(60)55(47(33)58)30-15-11-27(12-16-30)10-13-28-22-31(62-4)17-20-39(28)63-5/h7-18,20-23,25,33,36-37,43-44,57H,19,24H2,1-6H3. The van der Waals surface area contributed by atoms with Crippen molar-refractivity contribution in [1.82, 2.24) is 9.78 Å². The maximum Gasteiger partial charge on any atom is 0.242 e. The summed E-state index contributed by atoms with van der Waals surface area (Å²) >= 11 is 7.91. The molecule has 4 aromatic carbocycles. The van der Waals surface area contributed by atoms with Crippen LogP contribution in [0.2, 0.25) is 5.02 Å². The van der Waals surface area contributed by atoms with Gasteiger partial charge in [-0.3, -0.25) is 28.8 Å². The van der Waals surface area contributed by atoms with Crippen LogP contribution in [0.5, 0.6) is 23.0 Å². The lowest BCUT2D eigenvalue weighted by molar-refractivity contribution is -0.131. The van der Waals surface area contributed by atoms with Crippen molar-refractivity contribution in [3.05, 3.63) is 124 Å². The molecule has 330 valence electrons. The number of aromatic nitrogens is 2. The molecular weight excluding hydrogens is 864 g/mol. The van der Waals surface area contributed by atoms with Gasteiger partial charge in [0.05, 0.1) is 55.1 Å². The van der Waals surface area contributed by atoms with E-state index in [-0.39, 0.29) is 36.2 Å². The third-order valence-electron chi connectivity index (χ3n) is 14.1. The summed E-state index contributed by atoms with van der Waals surface area (Å²) in [6.45, 7) is 3.79. The highest BCUT2D eigenvalue weighted by Gasteiger charge is 2.68. The lowest BCUT2D eigenvalue weighted by Crippen LogP contribution is -2.49.